The average Bonchev–Trinajstić information content (AvgIpc) is 2.44. The number of halogens is 1. The highest BCUT2D eigenvalue weighted by Crippen LogP contribution is 2.28. The van der Waals surface area contributed by atoms with Crippen molar-refractivity contribution in [1.82, 2.24) is 0 Å². The lowest BCUT2D eigenvalue weighted by molar-refractivity contribution is 0.0697. The predicted molar refractivity (Wildman–Crippen MR) is 83.6 cm³/mol. The summed E-state index contributed by atoms with van der Waals surface area (Å²) in [5.41, 5.74) is 0.749. The van der Waals surface area contributed by atoms with E-state index in [0.29, 0.717) is 6.54 Å². The summed E-state index contributed by atoms with van der Waals surface area (Å²) in [7, 11) is -4.10. The van der Waals surface area contributed by atoms with Crippen LogP contribution in [0, 0.1) is 0 Å². The Labute approximate surface area is 132 Å². The number of carboxylic acids is 1. The van der Waals surface area contributed by atoms with Crippen molar-refractivity contribution in [2.45, 2.75) is 11.4 Å². The Morgan fingerprint density at radius 1 is 1.23 bits per heavy atom. The Kier molecular flexibility index (Phi) is 4.70. The summed E-state index contributed by atoms with van der Waals surface area (Å²) in [6.07, 6.45) is 0. The zero-order valence-electron chi connectivity index (χ0n) is 11.3. The lowest BCUT2D eigenvalue weighted by Crippen LogP contribution is -2.16. The SMILES string of the molecule is NS(=O)(=O)c1cc(C(=O)O)c(Cl)cc1NCc1ccccc1. The molecule has 0 aliphatic rings. The van der Waals surface area contributed by atoms with Gasteiger partial charge in [-0.3, -0.25) is 0 Å². The molecule has 0 amide bonds. The van der Waals surface area contributed by atoms with E-state index in [1.165, 1.54) is 6.07 Å². The van der Waals surface area contributed by atoms with Gasteiger partial charge in [-0.1, -0.05) is 41.9 Å². The van der Waals surface area contributed by atoms with Crippen LogP contribution in [0.25, 0.3) is 0 Å². The van der Waals surface area contributed by atoms with E-state index in [-0.39, 0.29) is 21.2 Å². The van der Waals surface area contributed by atoms with Gasteiger partial charge in [0.1, 0.15) is 4.90 Å². The molecule has 0 fully saturated rings. The van der Waals surface area contributed by atoms with E-state index in [1.54, 1.807) is 0 Å². The van der Waals surface area contributed by atoms with Crippen LogP contribution < -0.4 is 10.5 Å². The van der Waals surface area contributed by atoms with Crippen molar-refractivity contribution >= 4 is 33.3 Å². The number of nitrogens with two attached hydrogens (primary N) is 1. The molecule has 8 heteroatoms. The molecule has 22 heavy (non-hydrogen) atoms. The number of nitrogens with one attached hydrogen (secondary N) is 1. The number of hydrogen-bond donors (Lipinski definition) is 3. The third kappa shape index (κ3) is 3.76. The fourth-order valence-corrected chi connectivity index (χ4v) is 2.85. The van der Waals surface area contributed by atoms with Gasteiger partial charge >= 0.3 is 5.97 Å². The first-order valence-electron chi connectivity index (χ1n) is 6.16. The number of carbonyl (C=O) groups is 1. The average molecular weight is 341 g/mol. The van der Waals surface area contributed by atoms with E-state index < -0.39 is 16.0 Å². The van der Waals surface area contributed by atoms with Gasteiger partial charge in [-0.25, -0.2) is 18.4 Å². The van der Waals surface area contributed by atoms with Crippen LogP contribution in [0.15, 0.2) is 47.4 Å². The van der Waals surface area contributed by atoms with E-state index in [0.717, 1.165) is 11.6 Å². The largest absolute Gasteiger partial charge is 0.478 e. The lowest BCUT2D eigenvalue weighted by atomic mass is 10.2. The van der Waals surface area contributed by atoms with E-state index in [1.807, 2.05) is 30.3 Å². The van der Waals surface area contributed by atoms with Gasteiger partial charge in [-0.15, -0.1) is 0 Å². The van der Waals surface area contributed by atoms with Crippen molar-refractivity contribution in [3.8, 4) is 0 Å². The van der Waals surface area contributed by atoms with Crippen molar-refractivity contribution in [2.75, 3.05) is 5.32 Å². The van der Waals surface area contributed by atoms with E-state index in [9.17, 15) is 13.2 Å². The molecule has 0 unspecified atom stereocenters. The number of rotatable bonds is 5. The first-order valence-corrected chi connectivity index (χ1v) is 8.09. The van der Waals surface area contributed by atoms with Gasteiger partial charge in [0.25, 0.3) is 0 Å². The molecule has 2 aromatic rings. The third-order valence-corrected chi connectivity index (χ3v) is 4.20. The van der Waals surface area contributed by atoms with Crippen molar-refractivity contribution in [3.63, 3.8) is 0 Å². The molecule has 0 aromatic heterocycles. The number of benzene rings is 2. The molecular formula is C14H13ClN2O4S. The third-order valence-electron chi connectivity index (χ3n) is 2.93. The van der Waals surface area contributed by atoms with Gasteiger partial charge in [-0.2, -0.15) is 0 Å². The summed E-state index contributed by atoms with van der Waals surface area (Å²) in [4.78, 5) is 10.7. The molecule has 2 rings (SSSR count). The summed E-state index contributed by atoms with van der Waals surface area (Å²) in [5.74, 6) is -1.33. The number of primary sulfonamides is 1. The van der Waals surface area contributed by atoms with E-state index in [4.69, 9.17) is 21.8 Å². The number of aromatic carboxylic acids is 1. The number of anilines is 1. The molecule has 0 spiro atoms. The second-order valence-corrected chi connectivity index (χ2v) is 6.45. The standard InChI is InChI=1S/C14H13ClN2O4S/c15-11-7-12(17-8-9-4-2-1-3-5-9)13(22(16,20)21)6-10(11)14(18)19/h1-7,17H,8H2,(H,18,19)(H2,16,20,21). The van der Waals surface area contributed by atoms with Crippen LogP contribution in [0.3, 0.4) is 0 Å². The highest BCUT2D eigenvalue weighted by molar-refractivity contribution is 7.89. The highest BCUT2D eigenvalue weighted by Gasteiger charge is 2.20. The van der Waals surface area contributed by atoms with Crippen LogP contribution in [-0.2, 0) is 16.6 Å². The Morgan fingerprint density at radius 2 is 1.86 bits per heavy atom. The lowest BCUT2D eigenvalue weighted by Gasteiger charge is -2.13. The monoisotopic (exact) mass is 340 g/mol. The highest BCUT2D eigenvalue weighted by atomic mass is 35.5. The number of carboxylic acid groups (broad SMARTS) is 1. The number of hydrogen-bond acceptors (Lipinski definition) is 4. The number of sulfonamides is 1. The van der Waals surface area contributed by atoms with Gasteiger partial charge < -0.3 is 10.4 Å². The molecule has 0 saturated carbocycles. The Bertz CT molecular complexity index is 807. The normalized spacial score (nSPS) is 11.2. The molecule has 0 heterocycles. The van der Waals surface area contributed by atoms with Crippen molar-refractivity contribution in [2.24, 2.45) is 5.14 Å². The maximum atomic E-state index is 11.7. The zero-order chi connectivity index (χ0) is 16.3. The first-order chi connectivity index (χ1) is 10.3. The first kappa shape index (κ1) is 16.3. The maximum Gasteiger partial charge on any atom is 0.337 e. The predicted octanol–water partition coefficient (Wildman–Crippen LogP) is 2.30. The topological polar surface area (TPSA) is 109 Å². The van der Waals surface area contributed by atoms with Gasteiger partial charge in [0.15, 0.2) is 0 Å². The molecule has 6 nitrogen and oxygen atoms in total. The molecule has 4 N–H and O–H groups in total. The van der Waals surface area contributed by atoms with Crippen LogP contribution in [-0.4, -0.2) is 19.5 Å². The molecule has 0 radical (unpaired) electrons. The van der Waals surface area contributed by atoms with Crippen LogP contribution in [0.1, 0.15) is 15.9 Å². The molecule has 0 aliphatic carbocycles. The van der Waals surface area contributed by atoms with Crippen molar-refractivity contribution in [1.29, 1.82) is 0 Å². The molecule has 0 bridgehead atoms. The molecule has 0 atom stereocenters. The molecular weight excluding hydrogens is 328 g/mol. The van der Waals surface area contributed by atoms with Crippen molar-refractivity contribution < 1.29 is 18.3 Å². The van der Waals surface area contributed by atoms with Gasteiger partial charge in [0, 0.05) is 6.54 Å². The quantitative estimate of drug-likeness (QED) is 0.773. The van der Waals surface area contributed by atoms with Crippen LogP contribution in [0.5, 0.6) is 0 Å². The van der Waals surface area contributed by atoms with E-state index >= 15 is 0 Å². The minimum absolute atomic E-state index is 0.0736. The second kappa shape index (κ2) is 6.35. The molecule has 116 valence electrons. The fourth-order valence-electron chi connectivity index (χ4n) is 1.88. The smallest absolute Gasteiger partial charge is 0.337 e. The van der Waals surface area contributed by atoms with Crippen molar-refractivity contribution in [3.05, 3.63) is 58.6 Å². The minimum atomic E-state index is -4.10. The van der Waals surface area contributed by atoms with Gasteiger partial charge in [0.2, 0.25) is 10.0 Å². The second-order valence-electron chi connectivity index (χ2n) is 4.52. The van der Waals surface area contributed by atoms with Crippen LogP contribution in [0.2, 0.25) is 5.02 Å². The Balaban J connectivity index is 2.42. The molecule has 0 saturated heterocycles. The molecule has 2 aromatic carbocycles. The van der Waals surface area contributed by atoms with Crippen LogP contribution >= 0.6 is 11.6 Å². The minimum Gasteiger partial charge on any atom is -0.478 e. The molecule has 0 aliphatic heterocycles. The maximum absolute atomic E-state index is 11.7. The van der Waals surface area contributed by atoms with Crippen LogP contribution in [0.4, 0.5) is 5.69 Å². The summed E-state index contributed by atoms with van der Waals surface area (Å²) < 4.78 is 23.3. The summed E-state index contributed by atoms with van der Waals surface area (Å²) in [6, 6.07) is 11.5. The summed E-state index contributed by atoms with van der Waals surface area (Å²) >= 11 is 5.87. The fraction of sp³-hybridized carbons (Fsp3) is 0.0714. The Hall–Kier alpha value is -2.09. The van der Waals surface area contributed by atoms with Gasteiger partial charge in [0.05, 0.1) is 16.3 Å². The van der Waals surface area contributed by atoms with Gasteiger partial charge in [-0.05, 0) is 17.7 Å². The Morgan fingerprint density at radius 3 is 2.41 bits per heavy atom. The summed E-state index contributed by atoms with van der Waals surface area (Å²) in [6.45, 7) is 0.339. The zero-order valence-corrected chi connectivity index (χ0v) is 12.9. The summed E-state index contributed by atoms with van der Waals surface area (Å²) in [5, 5.41) is 17.0. The van der Waals surface area contributed by atoms with E-state index in [2.05, 4.69) is 5.32 Å².